The van der Waals surface area contributed by atoms with Crippen molar-refractivity contribution >= 4 is 11.9 Å². The summed E-state index contributed by atoms with van der Waals surface area (Å²) in [7, 11) is 0. The maximum absolute atomic E-state index is 12.1. The monoisotopic (exact) mass is 290 g/mol. The lowest BCUT2D eigenvalue weighted by atomic mass is 10.1. The van der Waals surface area contributed by atoms with Crippen LogP contribution in [0.1, 0.15) is 39.8 Å². The molecule has 0 aliphatic carbocycles. The Kier molecular flexibility index (Phi) is 3.20. The molecular weight excluding hydrogens is 276 g/mol. The summed E-state index contributed by atoms with van der Waals surface area (Å²) in [5.74, 6) is -0.173. The standard InChI is InChI=1S/C13H14N4O4/c1-2-9-3-4-11(21-9)12(18)16-5-8(6-16)17-7-10(13(19)20)14-15-17/h3-4,7-8H,2,5-6H2,1H3,(H,19,20). The Morgan fingerprint density at radius 3 is 2.76 bits per heavy atom. The molecule has 2 aromatic heterocycles. The van der Waals surface area contributed by atoms with E-state index in [1.807, 2.05) is 6.92 Å². The van der Waals surface area contributed by atoms with Gasteiger partial charge >= 0.3 is 5.97 Å². The Balaban J connectivity index is 1.62. The summed E-state index contributed by atoms with van der Waals surface area (Å²) in [6.45, 7) is 2.88. The van der Waals surface area contributed by atoms with Gasteiger partial charge in [0.1, 0.15) is 5.76 Å². The van der Waals surface area contributed by atoms with Crippen LogP contribution in [0.2, 0.25) is 0 Å². The minimum atomic E-state index is -1.11. The average molecular weight is 290 g/mol. The first-order valence-electron chi connectivity index (χ1n) is 6.61. The van der Waals surface area contributed by atoms with Gasteiger partial charge < -0.3 is 14.4 Å². The quantitative estimate of drug-likeness (QED) is 0.894. The lowest BCUT2D eigenvalue weighted by Crippen LogP contribution is -2.50. The van der Waals surface area contributed by atoms with E-state index in [1.54, 1.807) is 17.0 Å². The Labute approximate surface area is 120 Å². The highest BCUT2D eigenvalue weighted by molar-refractivity contribution is 5.92. The van der Waals surface area contributed by atoms with Crippen LogP contribution < -0.4 is 0 Å². The number of aryl methyl sites for hydroxylation is 1. The van der Waals surface area contributed by atoms with Gasteiger partial charge in [-0.2, -0.15) is 0 Å². The molecule has 0 unspecified atom stereocenters. The molecule has 110 valence electrons. The largest absolute Gasteiger partial charge is 0.476 e. The Morgan fingerprint density at radius 1 is 1.43 bits per heavy atom. The summed E-state index contributed by atoms with van der Waals surface area (Å²) in [4.78, 5) is 24.5. The van der Waals surface area contributed by atoms with Crippen molar-refractivity contribution in [2.45, 2.75) is 19.4 Å². The highest BCUT2D eigenvalue weighted by atomic mass is 16.4. The molecule has 0 bridgehead atoms. The minimum absolute atomic E-state index is 0.0462. The molecule has 8 heteroatoms. The first kappa shape index (κ1) is 13.3. The highest BCUT2D eigenvalue weighted by Crippen LogP contribution is 2.23. The Morgan fingerprint density at radius 2 is 2.19 bits per heavy atom. The van der Waals surface area contributed by atoms with E-state index < -0.39 is 5.97 Å². The first-order valence-corrected chi connectivity index (χ1v) is 6.61. The molecule has 0 aromatic carbocycles. The molecule has 0 spiro atoms. The average Bonchev–Trinajstić information content (AvgIpc) is 3.05. The van der Waals surface area contributed by atoms with Crippen molar-refractivity contribution in [3.63, 3.8) is 0 Å². The van der Waals surface area contributed by atoms with Crippen LogP contribution in [0.3, 0.4) is 0 Å². The SMILES string of the molecule is CCc1ccc(C(=O)N2CC(n3cc(C(=O)O)nn3)C2)o1. The van der Waals surface area contributed by atoms with E-state index in [-0.39, 0.29) is 17.6 Å². The van der Waals surface area contributed by atoms with E-state index in [0.717, 1.165) is 12.2 Å². The minimum Gasteiger partial charge on any atom is -0.476 e. The molecule has 0 atom stereocenters. The molecule has 1 N–H and O–H groups in total. The van der Waals surface area contributed by atoms with Crippen molar-refractivity contribution in [2.75, 3.05) is 13.1 Å². The second kappa shape index (κ2) is 5.04. The van der Waals surface area contributed by atoms with Gasteiger partial charge in [0.25, 0.3) is 5.91 Å². The van der Waals surface area contributed by atoms with Gasteiger partial charge in [0.05, 0.1) is 12.2 Å². The zero-order chi connectivity index (χ0) is 15.0. The van der Waals surface area contributed by atoms with Gasteiger partial charge in [-0.3, -0.25) is 4.79 Å². The maximum atomic E-state index is 12.1. The van der Waals surface area contributed by atoms with Crippen molar-refractivity contribution in [2.24, 2.45) is 0 Å². The molecule has 0 radical (unpaired) electrons. The summed E-state index contributed by atoms with van der Waals surface area (Å²) in [5, 5.41) is 16.1. The number of hydrogen-bond acceptors (Lipinski definition) is 5. The first-order chi connectivity index (χ1) is 10.1. The second-order valence-electron chi connectivity index (χ2n) is 4.87. The molecule has 21 heavy (non-hydrogen) atoms. The topological polar surface area (TPSA) is 101 Å². The lowest BCUT2D eigenvalue weighted by Gasteiger charge is -2.38. The summed E-state index contributed by atoms with van der Waals surface area (Å²) < 4.78 is 6.90. The van der Waals surface area contributed by atoms with E-state index in [9.17, 15) is 9.59 Å². The molecule has 0 saturated carbocycles. The van der Waals surface area contributed by atoms with Gasteiger partial charge in [-0.25, -0.2) is 9.48 Å². The number of hydrogen-bond donors (Lipinski definition) is 1. The molecule has 3 heterocycles. The molecule has 1 saturated heterocycles. The number of likely N-dealkylation sites (tertiary alicyclic amines) is 1. The van der Waals surface area contributed by atoms with Crippen LogP contribution in [-0.4, -0.2) is 50.0 Å². The molecule has 1 fully saturated rings. The summed E-state index contributed by atoms with van der Waals surface area (Å²) >= 11 is 0. The van der Waals surface area contributed by atoms with E-state index in [4.69, 9.17) is 9.52 Å². The molecule has 2 aromatic rings. The zero-order valence-electron chi connectivity index (χ0n) is 11.4. The Hall–Kier alpha value is -2.64. The predicted molar refractivity (Wildman–Crippen MR) is 70.0 cm³/mol. The van der Waals surface area contributed by atoms with E-state index in [1.165, 1.54) is 10.9 Å². The van der Waals surface area contributed by atoms with Gasteiger partial charge in [-0.15, -0.1) is 5.10 Å². The van der Waals surface area contributed by atoms with Gasteiger partial charge in [-0.1, -0.05) is 12.1 Å². The molecular formula is C13H14N4O4. The van der Waals surface area contributed by atoms with Crippen molar-refractivity contribution in [1.29, 1.82) is 0 Å². The predicted octanol–water partition coefficient (Wildman–Crippen LogP) is 0.829. The number of rotatable bonds is 4. The fourth-order valence-corrected chi connectivity index (χ4v) is 2.18. The van der Waals surface area contributed by atoms with E-state index >= 15 is 0 Å². The normalized spacial score (nSPS) is 15.0. The summed E-state index contributed by atoms with van der Waals surface area (Å²) in [6, 6.07) is 3.42. The van der Waals surface area contributed by atoms with Crippen LogP contribution >= 0.6 is 0 Å². The number of aromatic nitrogens is 3. The number of carboxylic acids is 1. The fourth-order valence-electron chi connectivity index (χ4n) is 2.18. The number of carbonyl (C=O) groups is 2. The van der Waals surface area contributed by atoms with Gasteiger partial charge in [0.15, 0.2) is 11.5 Å². The smallest absolute Gasteiger partial charge is 0.358 e. The summed E-state index contributed by atoms with van der Waals surface area (Å²) in [6.07, 6.45) is 2.11. The number of nitrogens with zero attached hydrogens (tertiary/aromatic N) is 4. The molecule has 1 aliphatic rings. The van der Waals surface area contributed by atoms with Crippen LogP contribution in [0.25, 0.3) is 0 Å². The van der Waals surface area contributed by atoms with Crippen LogP contribution in [0.15, 0.2) is 22.7 Å². The number of carbonyl (C=O) groups excluding carboxylic acids is 1. The molecule has 1 aliphatic heterocycles. The van der Waals surface area contributed by atoms with Crippen LogP contribution in [0.5, 0.6) is 0 Å². The molecule has 3 rings (SSSR count). The third-order valence-corrected chi connectivity index (χ3v) is 3.47. The van der Waals surface area contributed by atoms with Crippen molar-refractivity contribution in [3.05, 3.63) is 35.5 Å². The van der Waals surface area contributed by atoms with Crippen LogP contribution in [0.4, 0.5) is 0 Å². The van der Waals surface area contributed by atoms with E-state index in [0.29, 0.717) is 18.8 Å². The van der Waals surface area contributed by atoms with Crippen molar-refractivity contribution in [1.82, 2.24) is 19.9 Å². The third kappa shape index (κ3) is 2.39. The van der Waals surface area contributed by atoms with Crippen molar-refractivity contribution in [3.8, 4) is 0 Å². The van der Waals surface area contributed by atoms with Gasteiger partial charge in [0.2, 0.25) is 0 Å². The zero-order valence-corrected chi connectivity index (χ0v) is 11.4. The number of amides is 1. The van der Waals surface area contributed by atoms with Gasteiger partial charge in [0, 0.05) is 19.5 Å². The van der Waals surface area contributed by atoms with Crippen molar-refractivity contribution < 1.29 is 19.1 Å². The summed E-state index contributed by atoms with van der Waals surface area (Å²) in [5.41, 5.74) is -0.0987. The van der Waals surface area contributed by atoms with Crippen LogP contribution in [0, 0.1) is 0 Å². The third-order valence-electron chi connectivity index (χ3n) is 3.47. The molecule has 1 amide bonds. The van der Waals surface area contributed by atoms with E-state index in [2.05, 4.69) is 10.3 Å². The Bertz CT molecular complexity index is 684. The number of carboxylic acid groups (broad SMARTS) is 1. The molecule has 8 nitrogen and oxygen atoms in total. The number of aromatic carboxylic acids is 1. The lowest BCUT2D eigenvalue weighted by molar-refractivity contribution is 0.0464. The second-order valence-corrected chi connectivity index (χ2v) is 4.87. The maximum Gasteiger partial charge on any atom is 0.358 e. The number of furan rings is 1. The highest BCUT2D eigenvalue weighted by Gasteiger charge is 2.34. The van der Waals surface area contributed by atoms with Gasteiger partial charge in [-0.05, 0) is 12.1 Å². The van der Waals surface area contributed by atoms with Crippen LogP contribution in [-0.2, 0) is 6.42 Å². The fraction of sp³-hybridized carbons (Fsp3) is 0.385.